The minimum Gasteiger partial charge on any atom is -0.503 e. The Morgan fingerprint density at radius 3 is 2.96 bits per heavy atom. The number of nitrogen functional groups attached to an aromatic ring is 1. The Labute approximate surface area is 151 Å². The highest BCUT2D eigenvalue weighted by atomic mass is 79.9. The number of nitrogens with two attached hydrogens (primary N) is 1. The molecule has 1 aromatic heterocycles. The Balaban J connectivity index is 2.12. The van der Waals surface area contributed by atoms with Gasteiger partial charge in [0.15, 0.2) is 16.6 Å². The summed E-state index contributed by atoms with van der Waals surface area (Å²) < 4.78 is 5.82. The SMILES string of the molecule is CCOc1cc(C=NNC(=O)c2sc(N)nc2CC)cc(Br)c1O. The molecule has 4 N–H and O–H groups in total. The van der Waals surface area contributed by atoms with Crippen LogP contribution < -0.4 is 15.9 Å². The number of hydrogen-bond donors (Lipinski definition) is 3. The van der Waals surface area contributed by atoms with Gasteiger partial charge in [-0.15, -0.1) is 0 Å². The fourth-order valence-corrected chi connectivity index (χ4v) is 3.21. The average Bonchev–Trinajstić information content (AvgIpc) is 2.93. The summed E-state index contributed by atoms with van der Waals surface area (Å²) in [6.45, 7) is 4.14. The zero-order chi connectivity index (χ0) is 17.7. The first-order chi connectivity index (χ1) is 11.5. The van der Waals surface area contributed by atoms with Gasteiger partial charge in [0.05, 0.1) is 23.0 Å². The number of rotatable bonds is 6. The second kappa shape index (κ2) is 8.11. The fraction of sp³-hybridized carbons (Fsp3) is 0.267. The van der Waals surface area contributed by atoms with E-state index in [0.29, 0.717) is 44.5 Å². The van der Waals surface area contributed by atoms with Gasteiger partial charge in [-0.3, -0.25) is 4.79 Å². The van der Waals surface area contributed by atoms with Crippen LogP contribution in [0, 0.1) is 0 Å². The number of aromatic hydroxyl groups is 1. The molecule has 0 aliphatic carbocycles. The maximum Gasteiger partial charge on any atom is 0.283 e. The third-order valence-electron chi connectivity index (χ3n) is 2.99. The molecule has 2 aromatic rings. The fourth-order valence-electron chi connectivity index (χ4n) is 1.94. The zero-order valence-corrected chi connectivity index (χ0v) is 15.6. The summed E-state index contributed by atoms with van der Waals surface area (Å²) in [5, 5.41) is 14.2. The van der Waals surface area contributed by atoms with E-state index in [1.54, 1.807) is 12.1 Å². The van der Waals surface area contributed by atoms with Gasteiger partial charge < -0.3 is 15.6 Å². The number of aromatic nitrogens is 1. The molecule has 24 heavy (non-hydrogen) atoms. The van der Waals surface area contributed by atoms with E-state index in [1.807, 2.05) is 13.8 Å². The number of thiazole rings is 1. The van der Waals surface area contributed by atoms with E-state index in [2.05, 4.69) is 31.4 Å². The lowest BCUT2D eigenvalue weighted by atomic mass is 10.2. The van der Waals surface area contributed by atoms with Crippen LogP contribution in [-0.4, -0.2) is 28.8 Å². The smallest absolute Gasteiger partial charge is 0.283 e. The lowest BCUT2D eigenvalue weighted by Gasteiger charge is -2.08. The van der Waals surface area contributed by atoms with Crippen molar-refractivity contribution in [2.75, 3.05) is 12.3 Å². The summed E-state index contributed by atoms with van der Waals surface area (Å²) in [4.78, 5) is 16.7. The minimum atomic E-state index is -0.361. The zero-order valence-electron chi connectivity index (χ0n) is 13.2. The van der Waals surface area contributed by atoms with Crippen LogP contribution in [0.1, 0.15) is 34.8 Å². The largest absolute Gasteiger partial charge is 0.503 e. The van der Waals surface area contributed by atoms with Crippen LogP contribution in [-0.2, 0) is 6.42 Å². The number of phenols is 1. The van der Waals surface area contributed by atoms with Gasteiger partial charge in [0.1, 0.15) is 4.88 Å². The molecule has 128 valence electrons. The highest BCUT2D eigenvalue weighted by molar-refractivity contribution is 9.10. The molecule has 0 spiro atoms. The molecule has 0 radical (unpaired) electrons. The van der Waals surface area contributed by atoms with Crippen LogP contribution in [0.25, 0.3) is 0 Å². The van der Waals surface area contributed by atoms with Crippen molar-refractivity contribution in [3.05, 3.63) is 32.7 Å². The monoisotopic (exact) mass is 412 g/mol. The maximum atomic E-state index is 12.1. The first-order valence-electron chi connectivity index (χ1n) is 7.20. The molecular formula is C15H17BrN4O3S. The third-order valence-corrected chi connectivity index (χ3v) is 4.52. The highest BCUT2D eigenvalue weighted by Gasteiger charge is 2.15. The van der Waals surface area contributed by atoms with Crippen LogP contribution in [0.2, 0.25) is 0 Å². The molecule has 9 heteroatoms. The van der Waals surface area contributed by atoms with Gasteiger partial charge in [0, 0.05) is 0 Å². The van der Waals surface area contributed by atoms with Crippen molar-refractivity contribution in [2.45, 2.75) is 20.3 Å². The number of anilines is 1. The summed E-state index contributed by atoms with van der Waals surface area (Å²) in [6, 6.07) is 3.29. The number of hydrogen-bond acceptors (Lipinski definition) is 7. The molecule has 1 aromatic carbocycles. The highest BCUT2D eigenvalue weighted by Crippen LogP contribution is 2.35. The lowest BCUT2D eigenvalue weighted by molar-refractivity contribution is 0.0958. The van der Waals surface area contributed by atoms with E-state index < -0.39 is 0 Å². The second-order valence-corrected chi connectivity index (χ2v) is 6.55. The predicted octanol–water partition coefficient (Wildman–Crippen LogP) is 2.92. The molecule has 7 nitrogen and oxygen atoms in total. The number of carbonyl (C=O) groups is 1. The average molecular weight is 413 g/mol. The van der Waals surface area contributed by atoms with E-state index in [0.717, 1.165) is 11.3 Å². The van der Waals surface area contributed by atoms with Gasteiger partial charge in [0.2, 0.25) is 0 Å². The van der Waals surface area contributed by atoms with Gasteiger partial charge in [-0.05, 0) is 47.0 Å². The predicted molar refractivity (Wildman–Crippen MR) is 97.9 cm³/mol. The molecule has 0 bridgehead atoms. The van der Waals surface area contributed by atoms with Crippen molar-refractivity contribution < 1.29 is 14.6 Å². The van der Waals surface area contributed by atoms with Crippen molar-refractivity contribution in [1.82, 2.24) is 10.4 Å². The molecule has 1 heterocycles. The number of benzene rings is 1. The molecule has 0 aliphatic rings. The summed E-state index contributed by atoms with van der Waals surface area (Å²) in [5.74, 6) is -0.00548. The first-order valence-corrected chi connectivity index (χ1v) is 8.81. The number of nitrogens with zero attached hydrogens (tertiary/aromatic N) is 2. The molecule has 0 aliphatic heterocycles. The van der Waals surface area contributed by atoms with E-state index in [9.17, 15) is 9.90 Å². The number of amides is 1. The number of aryl methyl sites for hydroxylation is 1. The van der Waals surface area contributed by atoms with Crippen LogP contribution in [0.5, 0.6) is 11.5 Å². The number of halogens is 1. The van der Waals surface area contributed by atoms with Gasteiger partial charge >= 0.3 is 0 Å². The number of carbonyl (C=O) groups excluding carboxylic acids is 1. The van der Waals surface area contributed by atoms with Gasteiger partial charge in [-0.25, -0.2) is 10.4 Å². The normalized spacial score (nSPS) is 11.0. The van der Waals surface area contributed by atoms with E-state index in [-0.39, 0.29) is 11.7 Å². The van der Waals surface area contributed by atoms with Crippen LogP contribution in [0.4, 0.5) is 5.13 Å². The molecule has 2 rings (SSSR count). The van der Waals surface area contributed by atoms with Crippen LogP contribution in [0.15, 0.2) is 21.7 Å². The topological polar surface area (TPSA) is 110 Å². The number of nitrogens with one attached hydrogen (secondary N) is 1. The summed E-state index contributed by atoms with van der Waals surface area (Å²) in [6.07, 6.45) is 2.07. The van der Waals surface area contributed by atoms with Crippen molar-refractivity contribution in [2.24, 2.45) is 5.10 Å². The van der Waals surface area contributed by atoms with Gasteiger partial charge in [-0.1, -0.05) is 18.3 Å². The van der Waals surface area contributed by atoms with Crippen LogP contribution >= 0.6 is 27.3 Å². The van der Waals surface area contributed by atoms with Crippen molar-refractivity contribution in [1.29, 1.82) is 0 Å². The van der Waals surface area contributed by atoms with Gasteiger partial charge in [-0.2, -0.15) is 5.10 Å². The maximum absolute atomic E-state index is 12.1. The summed E-state index contributed by atoms with van der Waals surface area (Å²) in [7, 11) is 0. The molecule has 0 saturated carbocycles. The molecule has 1 amide bonds. The quantitative estimate of drug-likeness (QED) is 0.498. The molecule has 0 atom stereocenters. The van der Waals surface area contributed by atoms with E-state index >= 15 is 0 Å². The Kier molecular flexibility index (Phi) is 6.16. The molecule has 0 saturated heterocycles. The lowest BCUT2D eigenvalue weighted by Crippen LogP contribution is -2.17. The molecule has 0 fully saturated rings. The third kappa shape index (κ3) is 4.24. The van der Waals surface area contributed by atoms with Crippen molar-refractivity contribution in [3.63, 3.8) is 0 Å². The van der Waals surface area contributed by atoms with Crippen molar-refractivity contribution >= 4 is 44.5 Å². The second-order valence-electron chi connectivity index (χ2n) is 4.66. The Morgan fingerprint density at radius 2 is 2.29 bits per heavy atom. The van der Waals surface area contributed by atoms with Crippen LogP contribution in [0.3, 0.4) is 0 Å². The van der Waals surface area contributed by atoms with E-state index in [4.69, 9.17) is 10.5 Å². The number of hydrazone groups is 1. The number of phenolic OH excluding ortho intramolecular Hbond substituents is 1. The first kappa shape index (κ1) is 18.2. The molecular weight excluding hydrogens is 396 g/mol. The summed E-state index contributed by atoms with van der Waals surface area (Å²) in [5.41, 5.74) is 9.39. The number of ether oxygens (including phenoxy) is 1. The minimum absolute atomic E-state index is 0.0192. The Bertz CT molecular complexity index is 776. The van der Waals surface area contributed by atoms with E-state index in [1.165, 1.54) is 6.21 Å². The van der Waals surface area contributed by atoms with Gasteiger partial charge in [0.25, 0.3) is 5.91 Å². The molecule has 0 unspecified atom stereocenters. The standard InChI is InChI=1S/C15H17BrN4O3S/c1-3-10-13(24-15(17)19-10)14(22)20-18-7-8-5-9(16)12(21)11(6-8)23-4-2/h5-7,21H,3-4H2,1-2H3,(H2,17,19)(H,20,22). The van der Waals surface area contributed by atoms with Crippen molar-refractivity contribution in [3.8, 4) is 11.5 Å². The summed E-state index contributed by atoms with van der Waals surface area (Å²) >= 11 is 4.37. The Hall–Kier alpha value is -2.13. The Morgan fingerprint density at radius 1 is 1.54 bits per heavy atom.